The summed E-state index contributed by atoms with van der Waals surface area (Å²) in [4.78, 5) is 39.5. The van der Waals surface area contributed by atoms with E-state index < -0.39 is 5.91 Å². The first-order valence-electron chi connectivity index (χ1n) is 12.2. The number of amides is 3. The maximum Gasteiger partial charge on any atom is 0.272 e. The summed E-state index contributed by atoms with van der Waals surface area (Å²) in [5.74, 6) is -0.951. The lowest BCUT2D eigenvalue weighted by molar-refractivity contribution is -0.115. The summed E-state index contributed by atoms with van der Waals surface area (Å²) >= 11 is 4.85. The second kappa shape index (κ2) is 13.6. The first kappa shape index (κ1) is 27.9. The van der Waals surface area contributed by atoms with Crippen LogP contribution in [-0.2, 0) is 9.59 Å². The van der Waals surface area contributed by atoms with Crippen molar-refractivity contribution >= 4 is 62.9 Å². The Morgan fingerprint density at radius 3 is 2.05 bits per heavy atom. The van der Waals surface area contributed by atoms with Gasteiger partial charge in [-0.15, -0.1) is 11.8 Å². The van der Waals surface area contributed by atoms with Gasteiger partial charge < -0.3 is 16.0 Å². The van der Waals surface area contributed by atoms with Crippen LogP contribution in [0.25, 0.3) is 6.08 Å². The van der Waals surface area contributed by atoms with Gasteiger partial charge >= 0.3 is 0 Å². The Morgan fingerprint density at radius 2 is 1.38 bits per heavy atom. The second-order valence-corrected chi connectivity index (χ2v) is 10.8. The molecule has 4 rings (SSSR count). The highest BCUT2D eigenvalue weighted by Crippen LogP contribution is 2.27. The van der Waals surface area contributed by atoms with Crippen molar-refractivity contribution in [2.45, 2.75) is 17.1 Å². The first-order chi connectivity index (χ1) is 18.9. The zero-order chi connectivity index (χ0) is 27.6. The van der Waals surface area contributed by atoms with Crippen LogP contribution in [0.1, 0.15) is 22.8 Å². The smallest absolute Gasteiger partial charge is 0.272 e. The fourth-order valence-electron chi connectivity index (χ4n) is 3.53. The van der Waals surface area contributed by atoms with Crippen molar-refractivity contribution in [1.82, 2.24) is 5.32 Å². The molecule has 6 nitrogen and oxygen atoms in total. The predicted molar refractivity (Wildman–Crippen MR) is 161 cm³/mol. The van der Waals surface area contributed by atoms with Gasteiger partial charge in [0, 0.05) is 20.6 Å². The van der Waals surface area contributed by atoms with E-state index in [1.807, 2.05) is 79.7 Å². The minimum Gasteiger partial charge on any atom is -0.324 e. The standard InChI is InChI=1S/C31H26BrN3O3S/c1-21(29(36)34-27-15-9-8-14-26(27)32)39-25-18-16-24(17-19-25)33-31(38)28(20-22-10-4-2-5-11-22)35-30(37)23-12-6-3-7-13-23/h2-21H,1H3,(H,33,38)(H,34,36)(H,35,37)/b28-20-. The van der Waals surface area contributed by atoms with E-state index in [0.717, 1.165) is 14.9 Å². The van der Waals surface area contributed by atoms with Gasteiger partial charge in [-0.1, -0.05) is 60.7 Å². The summed E-state index contributed by atoms with van der Waals surface area (Å²) in [7, 11) is 0. The molecule has 0 saturated carbocycles. The molecule has 3 N–H and O–H groups in total. The van der Waals surface area contributed by atoms with Crippen LogP contribution in [0.4, 0.5) is 11.4 Å². The van der Waals surface area contributed by atoms with Crippen molar-refractivity contribution in [3.63, 3.8) is 0 Å². The van der Waals surface area contributed by atoms with Crippen molar-refractivity contribution in [2.24, 2.45) is 0 Å². The van der Waals surface area contributed by atoms with Gasteiger partial charge in [0.25, 0.3) is 11.8 Å². The van der Waals surface area contributed by atoms with Crippen LogP contribution in [-0.4, -0.2) is 23.0 Å². The number of halogens is 1. The molecule has 39 heavy (non-hydrogen) atoms. The SMILES string of the molecule is CC(Sc1ccc(NC(=O)/C(=C/c2ccccc2)NC(=O)c2ccccc2)cc1)C(=O)Nc1ccccc1Br. The van der Waals surface area contributed by atoms with Crippen LogP contribution in [0, 0.1) is 0 Å². The number of nitrogens with one attached hydrogen (secondary N) is 3. The summed E-state index contributed by atoms with van der Waals surface area (Å²) in [6.45, 7) is 1.84. The lowest BCUT2D eigenvalue weighted by Gasteiger charge is -2.14. The Bertz CT molecular complexity index is 1480. The number of anilines is 2. The van der Waals surface area contributed by atoms with Crippen molar-refractivity contribution < 1.29 is 14.4 Å². The Balaban J connectivity index is 1.42. The van der Waals surface area contributed by atoms with Gasteiger partial charge in [-0.3, -0.25) is 14.4 Å². The molecule has 8 heteroatoms. The van der Waals surface area contributed by atoms with Gasteiger partial charge in [-0.25, -0.2) is 0 Å². The highest BCUT2D eigenvalue weighted by atomic mass is 79.9. The molecule has 0 aliphatic heterocycles. The van der Waals surface area contributed by atoms with Crippen molar-refractivity contribution in [1.29, 1.82) is 0 Å². The Morgan fingerprint density at radius 1 is 0.769 bits per heavy atom. The number of para-hydroxylation sites is 1. The lowest BCUT2D eigenvalue weighted by Crippen LogP contribution is -2.30. The van der Waals surface area contributed by atoms with Gasteiger partial charge in [0.15, 0.2) is 0 Å². The van der Waals surface area contributed by atoms with Gasteiger partial charge in [0.05, 0.1) is 10.9 Å². The number of carbonyl (C=O) groups excluding carboxylic acids is 3. The van der Waals surface area contributed by atoms with Crippen LogP contribution >= 0.6 is 27.7 Å². The Labute approximate surface area is 240 Å². The molecule has 0 spiro atoms. The zero-order valence-corrected chi connectivity index (χ0v) is 23.5. The Hall–Kier alpha value is -4.14. The van der Waals surface area contributed by atoms with Crippen LogP contribution in [0.3, 0.4) is 0 Å². The van der Waals surface area contributed by atoms with E-state index in [0.29, 0.717) is 16.9 Å². The third kappa shape index (κ3) is 8.17. The predicted octanol–water partition coefficient (Wildman–Crippen LogP) is 6.98. The van der Waals surface area contributed by atoms with Crippen LogP contribution < -0.4 is 16.0 Å². The largest absolute Gasteiger partial charge is 0.324 e. The summed E-state index contributed by atoms with van der Waals surface area (Å²) in [6.07, 6.45) is 1.63. The maximum absolute atomic E-state index is 13.2. The van der Waals surface area contributed by atoms with Crippen LogP contribution in [0.15, 0.2) is 124 Å². The number of hydrogen-bond donors (Lipinski definition) is 3. The van der Waals surface area contributed by atoms with Crippen molar-refractivity contribution in [3.05, 3.63) is 130 Å². The fraction of sp³-hybridized carbons (Fsp3) is 0.0645. The van der Waals surface area contributed by atoms with Crippen LogP contribution in [0.5, 0.6) is 0 Å². The summed E-state index contributed by atoms with van der Waals surface area (Å²) in [5, 5.41) is 8.16. The molecule has 4 aromatic carbocycles. The van der Waals surface area contributed by atoms with E-state index in [9.17, 15) is 14.4 Å². The van der Waals surface area contributed by atoms with Gasteiger partial charge in [0.1, 0.15) is 5.70 Å². The number of carbonyl (C=O) groups is 3. The third-order valence-electron chi connectivity index (χ3n) is 5.57. The fourth-order valence-corrected chi connectivity index (χ4v) is 4.78. The first-order valence-corrected chi connectivity index (χ1v) is 13.8. The normalized spacial score (nSPS) is 11.8. The molecule has 1 unspecified atom stereocenters. The molecule has 0 heterocycles. The molecule has 196 valence electrons. The quantitative estimate of drug-likeness (QED) is 0.143. The summed E-state index contributed by atoms with van der Waals surface area (Å²) in [6, 6.07) is 32.7. The molecule has 0 saturated heterocycles. The highest BCUT2D eigenvalue weighted by molar-refractivity contribution is 9.10. The van der Waals surface area contributed by atoms with E-state index in [2.05, 4.69) is 31.9 Å². The molecular formula is C31H26BrN3O3S. The van der Waals surface area contributed by atoms with Crippen LogP contribution in [0.2, 0.25) is 0 Å². The molecule has 3 amide bonds. The molecule has 0 aromatic heterocycles. The highest BCUT2D eigenvalue weighted by Gasteiger charge is 2.17. The topological polar surface area (TPSA) is 87.3 Å². The molecule has 1 atom stereocenters. The van der Waals surface area contributed by atoms with Gasteiger partial charge in [-0.2, -0.15) is 0 Å². The van der Waals surface area contributed by atoms with E-state index >= 15 is 0 Å². The third-order valence-corrected chi connectivity index (χ3v) is 7.37. The average molecular weight is 601 g/mol. The maximum atomic E-state index is 13.2. The van der Waals surface area contributed by atoms with E-state index in [1.165, 1.54) is 11.8 Å². The summed E-state index contributed by atoms with van der Waals surface area (Å²) < 4.78 is 0.816. The lowest BCUT2D eigenvalue weighted by atomic mass is 10.1. The van der Waals surface area contributed by atoms with Crippen molar-refractivity contribution in [3.8, 4) is 0 Å². The average Bonchev–Trinajstić information content (AvgIpc) is 2.96. The second-order valence-electron chi connectivity index (χ2n) is 8.50. The summed E-state index contributed by atoms with van der Waals surface area (Å²) in [5.41, 5.74) is 2.61. The molecular weight excluding hydrogens is 574 g/mol. The van der Waals surface area contributed by atoms with Gasteiger partial charge in [-0.05, 0) is 83.0 Å². The Kier molecular flexibility index (Phi) is 9.72. The molecule has 4 aromatic rings. The molecule has 0 fully saturated rings. The molecule has 0 bridgehead atoms. The molecule has 0 aliphatic carbocycles. The van der Waals surface area contributed by atoms with E-state index in [4.69, 9.17) is 0 Å². The monoisotopic (exact) mass is 599 g/mol. The number of thioether (sulfide) groups is 1. The zero-order valence-electron chi connectivity index (χ0n) is 21.1. The minimum atomic E-state index is -0.454. The minimum absolute atomic E-state index is 0.117. The molecule has 0 aliphatic rings. The van der Waals surface area contributed by atoms with E-state index in [-0.39, 0.29) is 22.8 Å². The number of benzene rings is 4. The van der Waals surface area contributed by atoms with E-state index in [1.54, 1.807) is 42.5 Å². The number of rotatable bonds is 9. The van der Waals surface area contributed by atoms with Crippen molar-refractivity contribution in [2.75, 3.05) is 10.6 Å². The number of hydrogen-bond acceptors (Lipinski definition) is 4. The molecule has 0 radical (unpaired) electrons. The van der Waals surface area contributed by atoms with Gasteiger partial charge in [0.2, 0.25) is 5.91 Å².